The van der Waals surface area contributed by atoms with Gasteiger partial charge in [0.25, 0.3) is 0 Å². The molecule has 0 saturated heterocycles. The molecule has 0 heterocycles. The summed E-state index contributed by atoms with van der Waals surface area (Å²) in [5.74, 6) is -1.01. The van der Waals surface area contributed by atoms with Gasteiger partial charge < -0.3 is 30.4 Å². The van der Waals surface area contributed by atoms with Crippen LogP contribution in [0.4, 0.5) is 0 Å². The molecule has 0 aliphatic rings. The summed E-state index contributed by atoms with van der Waals surface area (Å²) in [6, 6.07) is 19.9. The standard InChI is InChI=1S/C34H46N2O6Si/c1-23(35-21-31(42-43(5,6)34(2,3)4)28-14-15-30(38)29(19-28)22-37)16-25-8-7-9-26(17-25)18-32(39)36-20-24-10-12-27(13-11-24)33(40)41/h7-15,17,19,23,31,35,37-38H,16,18,20-22H2,1-6H3,(H,36,39)(H,40,41)/t23-,31-/m1/s1. The molecule has 0 aliphatic carbocycles. The third-order valence-electron chi connectivity index (χ3n) is 8.13. The number of aliphatic hydroxyl groups excluding tert-OH is 1. The number of carbonyl (C=O) groups is 2. The van der Waals surface area contributed by atoms with Crippen LogP contribution in [0.25, 0.3) is 0 Å². The second-order valence-electron chi connectivity index (χ2n) is 12.7. The van der Waals surface area contributed by atoms with Gasteiger partial charge in [-0.1, -0.05) is 63.2 Å². The molecular formula is C34H46N2O6Si. The highest BCUT2D eigenvalue weighted by Crippen LogP contribution is 2.40. The highest BCUT2D eigenvalue weighted by atomic mass is 28.4. The van der Waals surface area contributed by atoms with Crippen LogP contribution < -0.4 is 10.6 Å². The maximum Gasteiger partial charge on any atom is 0.335 e. The van der Waals surface area contributed by atoms with Crippen molar-refractivity contribution in [3.8, 4) is 5.75 Å². The molecule has 3 rings (SSSR count). The average Bonchev–Trinajstić information content (AvgIpc) is 2.94. The molecule has 0 spiro atoms. The van der Waals surface area contributed by atoms with Crippen LogP contribution in [0, 0.1) is 0 Å². The van der Waals surface area contributed by atoms with Crippen molar-refractivity contribution in [3.05, 3.63) is 100 Å². The zero-order valence-corrected chi connectivity index (χ0v) is 27.1. The summed E-state index contributed by atoms with van der Waals surface area (Å²) < 4.78 is 6.81. The van der Waals surface area contributed by atoms with Crippen LogP contribution >= 0.6 is 0 Å². The zero-order valence-electron chi connectivity index (χ0n) is 26.1. The first kappa shape index (κ1) is 34.0. The molecule has 232 valence electrons. The Morgan fingerprint density at radius 2 is 1.63 bits per heavy atom. The first-order valence-electron chi connectivity index (χ1n) is 14.7. The lowest BCUT2D eigenvalue weighted by Gasteiger charge is -2.40. The lowest BCUT2D eigenvalue weighted by Crippen LogP contribution is -2.44. The number of aromatic hydroxyl groups is 1. The normalized spacial score (nSPS) is 13.4. The number of carboxylic acids is 1. The Morgan fingerprint density at radius 3 is 2.26 bits per heavy atom. The number of rotatable bonds is 14. The molecule has 0 fully saturated rings. The zero-order chi connectivity index (χ0) is 31.8. The van der Waals surface area contributed by atoms with Crippen molar-refractivity contribution in [1.82, 2.24) is 10.6 Å². The predicted molar refractivity (Wildman–Crippen MR) is 172 cm³/mol. The van der Waals surface area contributed by atoms with E-state index in [4.69, 9.17) is 9.53 Å². The molecule has 3 aromatic carbocycles. The summed E-state index contributed by atoms with van der Waals surface area (Å²) in [6.45, 7) is 13.8. The Bertz CT molecular complexity index is 1380. The molecule has 0 aromatic heterocycles. The number of hydrogen-bond acceptors (Lipinski definition) is 6. The molecular weight excluding hydrogens is 560 g/mol. The van der Waals surface area contributed by atoms with E-state index < -0.39 is 14.3 Å². The highest BCUT2D eigenvalue weighted by molar-refractivity contribution is 6.74. The SMILES string of the molecule is C[C@H](Cc1cccc(CC(=O)NCc2ccc(C(=O)O)cc2)c1)NC[C@@H](O[Si](C)(C)C(C)(C)C)c1ccc(O)c(CO)c1. The Hall–Kier alpha value is -3.50. The Kier molecular flexibility index (Phi) is 11.7. The van der Waals surface area contributed by atoms with E-state index in [1.807, 2.05) is 24.3 Å². The summed E-state index contributed by atoms with van der Waals surface area (Å²) >= 11 is 0. The quantitative estimate of drug-likeness (QED) is 0.148. The molecule has 2 atom stereocenters. The predicted octanol–water partition coefficient (Wildman–Crippen LogP) is 5.73. The van der Waals surface area contributed by atoms with Crippen molar-refractivity contribution >= 4 is 20.2 Å². The molecule has 8 nitrogen and oxygen atoms in total. The number of benzene rings is 3. The van der Waals surface area contributed by atoms with Gasteiger partial charge in [-0.25, -0.2) is 4.79 Å². The van der Waals surface area contributed by atoms with E-state index in [9.17, 15) is 19.8 Å². The molecule has 43 heavy (non-hydrogen) atoms. The van der Waals surface area contributed by atoms with Crippen molar-refractivity contribution < 1.29 is 29.3 Å². The number of amides is 1. The number of nitrogens with one attached hydrogen (secondary N) is 2. The van der Waals surface area contributed by atoms with Crippen molar-refractivity contribution in [3.63, 3.8) is 0 Å². The Balaban J connectivity index is 1.60. The summed E-state index contributed by atoms with van der Waals surface area (Å²) in [6.07, 6.45) is 0.763. The fourth-order valence-electron chi connectivity index (χ4n) is 4.51. The fraction of sp³-hybridized carbons (Fsp3) is 0.412. The second-order valence-corrected chi connectivity index (χ2v) is 17.5. The highest BCUT2D eigenvalue weighted by Gasteiger charge is 2.39. The minimum atomic E-state index is -2.12. The number of carbonyl (C=O) groups excluding carboxylic acids is 1. The van der Waals surface area contributed by atoms with E-state index >= 15 is 0 Å². The number of aromatic carboxylic acids is 1. The lowest BCUT2D eigenvalue weighted by atomic mass is 10.0. The molecule has 0 bridgehead atoms. The third kappa shape index (κ3) is 10.0. The van der Waals surface area contributed by atoms with Crippen molar-refractivity contribution in [1.29, 1.82) is 0 Å². The first-order valence-corrected chi connectivity index (χ1v) is 17.6. The van der Waals surface area contributed by atoms with Crippen LogP contribution in [0.3, 0.4) is 0 Å². The molecule has 1 amide bonds. The van der Waals surface area contributed by atoms with Gasteiger partial charge in [0.15, 0.2) is 8.32 Å². The third-order valence-corrected chi connectivity index (χ3v) is 12.6. The Labute approximate surface area is 256 Å². The average molecular weight is 607 g/mol. The van der Waals surface area contributed by atoms with Gasteiger partial charge in [0, 0.05) is 24.7 Å². The van der Waals surface area contributed by atoms with Crippen molar-refractivity contribution in [2.24, 2.45) is 0 Å². The van der Waals surface area contributed by atoms with Gasteiger partial charge in [0.1, 0.15) is 5.75 Å². The van der Waals surface area contributed by atoms with Gasteiger partial charge in [-0.3, -0.25) is 4.79 Å². The van der Waals surface area contributed by atoms with Crippen LogP contribution in [0.1, 0.15) is 72.0 Å². The Morgan fingerprint density at radius 1 is 0.953 bits per heavy atom. The smallest absolute Gasteiger partial charge is 0.335 e. The first-order chi connectivity index (χ1) is 20.2. The van der Waals surface area contributed by atoms with Crippen molar-refractivity contribution in [2.75, 3.05) is 6.54 Å². The van der Waals surface area contributed by atoms with Crippen LogP contribution in [-0.4, -0.2) is 48.1 Å². The van der Waals surface area contributed by atoms with Crippen LogP contribution in [0.15, 0.2) is 66.7 Å². The number of hydrogen-bond donors (Lipinski definition) is 5. The van der Waals surface area contributed by atoms with E-state index in [1.165, 1.54) is 12.1 Å². The van der Waals surface area contributed by atoms with Crippen LogP contribution in [0.5, 0.6) is 5.75 Å². The largest absolute Gasteiger partial charge is 0.508 e. The van der Waals surface area contributed by atoms with Gasteiger partial charge in [-0.15, -0.1) is 0 Å². The van der Waals surface area contributed by atoms with Crippen LogP contribution in [0.2, 0.25) is 18.1 Å². The molecule has 5 N–H and O–H groups in total. The minimum absolute atomic E-state index is 0.0191. The molecule has 9 heteroatoms. The van der Waals surface area contributed by atoms with E-state index in [1.54, 1.807) is 18.2 Å². The lowest BCUT2D eigenvalue weighted by molar-refractivity contribution is -0.120. The monoisotopic (exact) mass is 606 g/mol. The molecule has 0 aliphatic heterocycles. The van der Waals surface area contributed by atoms with E-state index in [2.05, 4.69) is 63.6 Å². The van der Waals surface area contributed by atoms with Gasteiger partial charge >= 0.3 is 5.97 Å². The van der Waals surface area contributed by atoms with E-state index in [0.29, 0.717) is 18.7 Å². The van der Waals surface area contributed by atoms with Gasteiger partial charge in [0.05, 0.1) is 24.7 Å². The summed E-state index contributed by atoms with van der Waals surface area (Å²) in [7, 11) is -2.12. The maximum atomic E-state index is 12.6. The van der Waals surface area contributed by atoms with Gasteiger partial charge in [-0.05, 0) is 78.0 Å². The fourth-order valence-corrected chi connectivity index (χ4v) is 5.79. The van der Waals surface area contributed by atoms with Crippen molar-refractivity contribution in [2.45, 2.75) is 84.0 Å². The van der Waals surface area contributed by atoms with Gasteiger partial charge in [0.2, 0.25) is 5.91 Å². The van der Waals surface area contributed by atoms with Crippen LogP contribution in [-0.2, 0) is 35.2 Å². The number of carboxylic acid groups (broad SMARTS) is 1. The number of phenols is 1. The molecule has 3 aromatic rings. The summed E-state index contributed by atoms with van der Waals surface area (Å²) in [5.41, 5.74) is 4.48. The van der Waals surface area contributed by atoms with Gasteiger partial charge in [-0.2, -0.15) is 0 Å². The topological polar surface area (TPSA) is 128 Å². The summed E-state index contributed by atoms with van der Waals surface area (Å²) in [4.78, 5) is 23.6. The maximum absolute atomic E-state index is 12.6. The molecule has 0 saturated carbocycles. The number of aliphatic hydroxyl groups is 1. The molecule has 0 unspecified atom stereocenters. The van der Waals surface area contributed by atoms with E-state index in [0.717, 1.165) is 28.7 Å². The molecule has 0 radical (unpaired) electrons. The second kappa shape index (κ2) is 14.8. The minimum Gasteiger partial charge on any atom is -0.508 e. The van der Waals surface area contributed by atoms with E-state index in [-0.39, 0.29) is 47.4 Å². The summed E-state index contributed by atoms with van der Waals surface area (Å²) in [5, 5.41) is 35.4.